The van der Waals surface area contributed by atoms with Crippen LogP contribution in [0.4, 0.5) is 0 Å². The fourth-order valence-corrected chi connectivity index (χ4v) is 9.34. The Morgan fingerprint density at radius 1 is 0.735 bits per heavy atom. The molecular formula is C23H42BrNO7P2. The molecule has 34 heavy (non-hydrogen) atoms. The van der Waals surface area contributed by atoms with Gasteiger partial charge in [0.2, 0.25) is 0 Å². The Hall–Kier alpha value is -0.110. The highest BCUT2D eigenvalue weighted by atomic mass is 79.9. The van der Waals surface area contributed by atoms with Crippen molar-refractivity contribution in [3.8, 4) is 0 Å². The fraction of sp³-hybridized carbons (Fsp3) is 0.783. The summed E-state index contributed by atoms with van der Waals surface area (Å²) in [6.45, 7) is 20.1. The summed E-state index contributed by atoms with van der Waals surface area (Å²) in [6.07, 6.45) is 2.62. The van der Waals surface area contributed by atoms with Crippen LogP contribution >= 0.6 is 31.1 Å². The van der Waals surface area contributed by atoms with Gasteiger partial charge >= 0.3 is 15.2 Å². The van der Waals surface area contributed by atoms with Crippen LogP contribution in [-0.4, -0.2) is 37.6 Å². The maximum absolute atomic E-state index is 14.7. The molecule has 1 aromatic rings. The molecule has 8 nitrogen and oxygen atoms in total. The van der Waals surface area contributed by atoms with Crippen molar-refractivity contribution < 1.29 is 32.3 Å². The first-order valence-corrected chi connectivity index (χ1v) is 15.0. The van der Waals surface area contributed by atoms with Crippen molar-refractivity contribution in [2.45, 2.75) is 117 Å². The summed E-state index contributed by atoms with van der Waals surface area (Å²) in [5.74, 6) is 0. The van der Waals surface area contributed by atoms with Gasteiger partial charge < -0.3 is 23.2 Å². The minimum Gasteiger partial charge on any atom is -0.367 e. The molecule has 0 spiro atoms. The number of hydrogen-bond donors (Lipinski definition) is 1. The lowest BCUT2D eigenvalue weighted by Crippen LogP contribution is -2.42. The molecule has 0 bridgehead atoms. The molecule has 0 aliphatic rings. The van der Waals surface area contributed by atoms with Crippen LogP contribution in [0.25, 0.3) is 0 Å². The third-order valence-electron chi connectivity index (χ3n) is 3.66. The molecule has 0 aliphatic carbocycles. The maximum Gasteiger partial charge on any atom is 0.375 e. The lowest BCUT2D eigenvalue weighted by molar-refractivity contribution is -0.0116. The molecule has 0 atom stereocenters. The number of aliphatic hydroxyl groups is 1. The van der Waals surface area contributed by atoms with E-state index in [1.54, 1.807) is 95.3 Å². The first-order chi connectivity index (χ1) is 14.8. The predicted octanol–water partition coefficient (Wildman–Crippen LogP) is 7.68. The largest absolute Gasteiger partial charge is 0.375 e. The van der Waals surface area contributed by atoms with Crippen LogP contribution in [-0.2, 0) is 33.6 Å². The SMILES string of the molecule is CC(C)(C)OP(=O)(OC(C)(C)C)C(O)(Cc1cncc(Br)c1)P(=O)(OC(C)(C)C)OC(C)(C)C. The first kappa shape index (κ1) is 31.9. The molecule has 1 heterocycles. The van der Waals surface area contributed by atoms with Crippen molar-refractivity contribution in [2.75, 3.05) is 0 Å². The first-order valence-electron chi connectivity index (χ1n) is 11.1. The lowest BCUT2D eigenvalue weighted by atomic mass is 10.2. The van der Waals surface area contributed by atoms with Crippen molar-refractivity contribution in [3.05, 3.63) is 28.5 Å². The summed E-state index contributed by atoms with van der Waals surface area (Å²) in [7, 11) is -9.32. The molecule has 0 aromatic carbocycles. The van der Waals surface area contributed by atoms with Crippen LogP contribution in [0.3, 0.4) is 0 Å². The van der Waals surface area contributed by atoms with Gasteiger partial charge in [0, 0.05) is 23.3 Å². The fourth-order valence-electron chi connectivity index (χ4n) is 2.94. The molecule has 1 rings (SSSR count). The number of hydrogen-bond acceptors (Lipinski definition) is 8. The zero-order valence-corrected chi connectivity index (χ0v) is 25.9. The van der Waals surface area contributed by atoms with E-state index in [0.717, 1.165) is 0 Å². The summed E-state index contributed by atoms with van der Waals surface area (Å²) in [6, 6.07) is 1.68. The van der Waals surface area contributed by atoms with Crippen molar-refractivity contribution in [1.82, 2.24) is 4.98 Å². The van der Waals surface area contributed by atoms with E-state index in [9.17, 15) is 14.2 Å². The van der Waals surface area contributed by atoms with Crippen LogP contribution in [0.5, 0.6) is 0 Å². The topological polar surface area (TPSA) is 104 Å². The second kappa shape index (κ2) is 10.3. The van der Waals surface area contributed by atoms with Gasteiger partial charge in [-0.25, -0.2) is 0 Å². The molecule has 0 saturated heterocycles. The molecule has 0 radical (unpaired) electrons. The standard InChI is InChI=1S/C23H42BrNO7P2/c1-19(2,3)29-33(27,30-20(4,5)6)23(26,14-17-13-18(24)16-25-15-17)34(28,31-21(7,8)9)32-22(10,11)12/h13,15-16,26H,14H2,1-12H3. The van der Waals surface area contributed by atoms with E-state index in [1.165, 1.54) is 6.20 Å². The van der Waals surface area contributed by atoms with Crippen LogP contribution < -0.4 is 0 Å². The molecule has 198 valence electrons. The smallest absolute Gasteiger partial charge is 0.367 e. The van der Waals surface area contributed by atoms with Crippen LogP contribution in [0.2, 0.25) is 0 Å². The third kappa shape index (κ3) is 9.40. The van der Waals surface area contributed by atoms with E-state index in [1.807, 2.05) is 0 Å². The Kier molecular flexibility index (Phi) is 9.70. The highest BCUT2D eigenvalue weighted by Gasteiger charge is 2.68. The van der Waals surface area contributed by atoms with Gasteiger partial charge in [-0.3, -0.25) is 14.1 Å². The number of rotatable bonds is 8. The number of nitrogens with zero attached hydrogens (tertiary/aromatic N) is 1. The molecular weight excluding hydrogens is 544 g/mol. The number of halogens is 1. The van der Waals surface area contributed by atoms with Crippen molar-refractivity contribution in [3.63, 3.8) is 0 Å². The minimum absolute atomic E-state index is 0.424. The van der Waals surface area contributed by atoms with E-state index in [4.69, 9.17) is 18.1 Å². The van der Waals surface area contributed by atoms with E-state index < -0.39 is 49.1 Å². The Bertz CT molecular complexity index is 850. The molecule has 1 N–H and O–H groups in total. The second-order valence-corrected chi connectivity index (χ2v) is 17.7. The Morgan fingerprint density at radius 3 is 1.32 bits per heavy atom. The normalized spacial score (nSPS) is 15.0. The highest BCUT2D eigenvalue weighted by molar-refractivity contribution is 9.10. The Morgan fingerprint density at radius 2 is 1.06 bits per heavy atom. The molecule has 1 aromatic heterocycles. The summed E-state index contributed by atoms with van der Waals surface area (Å²) in [5, 5.41) is 9.67. The van der Waals surface area contributed by atoms with E-state index in [0.29, 0.717) is 10.0 Å². The lowest BCUT2D eigenvalue weighted by Gasteiger charge is -2.45. The summed E-state index contributed by atoms with van der Waals surface area (Å²) in [5.41, 5.74) is -3.68. The average molecular weight is 586 g/mol. The zero-order valence-electron chi connectivity index (χ0n) is 22.6. The Labute approximate surface area is 213 Å². The molecule has 11 heteroatoms. The third-order valence-corrected chi connectivity index (χ3v) is 10.8. The van der Waals surface area contributed by atoms with E-state index in [2.05, 4.69) is 20.9 Å². The van der Waals surface area contributed by atoms with Gasteiger partial charge in [-0.1, -0.05) is 0 Å². The molecule has 0 saturated carbocycles. The maximum atomic E-state index is 14.7. The van der Waals surface area contributed by atoms with Gasteiger partial charge in [-0.05, 0) is 111 Å². The van der Waals surface area contributed by atoms with Gasteiger partial charge in [0.05, 0.1) is 22.4 Å². The summed E-state index contributed by atoms with van der Waals surface area (Å²) in [4.78, 5) is 4.13. The number of pyridine rings is 1. The average Bonchev–Trinajstić information content (AvgIpc) is 2.46. The van der Waals surface area contributed by atoms with Crippen LogP contribution in [0.15, 0.2) is 22.9 Å². The number of aromatic nitrogens is 1. The molecule has 0 unspecified atom stereocenters. The molecule has 0 fully saturated rings. The monoisotopic (exact) mass is 585 g/mol. The van der Waals surface area contributed by atoms with Gasteiger partial charge in [-0.2, -0.15) is 0 Å². The van der Waals surface area contributed by atoms with Gasteiger partial charge in [0.1, 0.15) is 0 Å². The Balaban J connectivity index is 4.03. The van der Waals surface area contributed by atoms with Crippen molar-refractivity contribution in [2.24, 2.45) is 0 Å². The zero-order chi connectivity index (χ0) is 27.0. The van der Waals surface area contributed by atoms with Gasteiger partial charge in [0.25, 0.3) is 5.08 Å². The van der Waals surface area contributed by atoms with Crippen LogP contribution in [0.1, 0.15) is 88.6 Å². The van der Waals surface area contributed by atoms with Crippen LogP contribution in [0, 0.1) is 0 Å². The summed E-state index contributed by atoms with van der Waals surface area (Å²) >= 11 is 3.36. The predicted molar refractivity (Wildman–Crippen MR) is 139 cm³/mol. The molecule has 0 amide bonds. The summed E-state index contributed by atoms with van der Waals surface area (Å²) < 4.78 is 53.9. The van der Waals surface area contributed by atoms with Crippen molar-refractivity contribution >= 4 is 31.1 Å². The quantitative estimate of drug-likeness (QED) is 0.310. The van der Waals surface area contributed by atoms with Gasteiger partial charge in [0.15, 0.2) is 0 Å². The minimum atomic E-state index is -4.66. The molecule has 0 aliphatic heterocycles. The van der Waals surface area contributed by atoms with E-state index >= 15 is 0 Å². The van der Waals surface area contributed by atoms with Crippen molar-refractivity contribution in [1.29, 1.82) is 0 Å². The van der Waals surface area contributed by atoms with E-state index in [-0.39, 0.29) is 0 Å². The highest BCUT2D eigenvalue weighted by Crippen LogP contribution is 2.80. The second-order valence-electron chi connectivity index (χ2n) is 12.3. The van der Waals surface area contributed by atoms with Gasteiger partial charge in [-0.15, -0.1) is 0 Å².